The summed E-state index contributed by atoms with van der Waals surface area (Å²) in [6, 6.07) is 12.8. The first kappa shape index (κ1) is 19.9. The summed E-state index contributed by atoms with van der Waals surface area (Å²) in [6.45, 7) is 4.11. The molecule has 2 aromatic rings. The zero-order valence-corrected chi connectivity index (χ0v) is 15.9. The number of aromatic hydroxyl groups is 1. The maximum absolute atomic E-state index is 11.6. The molecule has 0 saturated carbocycles. The summed E-state index contributed by atoms with van der Waals surface area (Å²) in [5.41, 5.74) is 1.87. The third-order valence-corrected chi connectivity index (χ3v) is 5.10. The highest BCUT2D eigenvalue weighted by Gasteiger charge is 2.15. The Morgan fingerprint density at radius 1 is 1.23 bits per heavy atom. The minimum absolute atomic E-state index is 0.118. The Morgan fingerprint density at radius 3 is 2.58 bits per heavy atom. The molecule has 1 N–H and O–H groups in total. The number of hydrogen-bond donors (Lipinski definition) is 1. The lowest BCUT2D eigenvalue weighted by Crippen LogP contribution is -2.01. The molecule has 2 rings (SSSR count). The number of nitriles is 1. The minimum Gasteiger partial charge on any atom is -0.507 e. The van der Waals surface area contributed by atoms with Crippen molar-refractivity contribution in [1.82, 2.24) is 0 Å². The van der Waals surface area contributed by atoms with Gasteiger partial charge in [-0.2, -0.15) is 5.26 Å². The highest BCUT2D eigenvalue weighted by atomic mass is 32.2. The molecule has 136 valence electrons. The standard InChI is InChI=1S/C21H23NO3S/c1-3-5-19-20(11-10-18(15(2)23)21(19)24)26-13-4-12-25-17-8-6-16(14-22)7-9-17/h6-11,24H,3-5,12-13H2,1-2H3. The molecule has 5 heteroatoms. The van der Waals surface area contributed by atoms with Crippen LogP contribution in [0.2, 0.25) is 0 Å². The highest BCUT2D eigenvalue weighted by Crippen LogP contribution is 2.34. The fourth-order valence-electron chi connectivity index (χ4n) is 2.59. The number of thioether (sulfide) groups is 1. The Labute approximate surface area is 158 Å². The maximum Gasteiger partial charge on any atom is 0.163 e. The van der Waals surface area contributed by atoms with Crippen molar-refractivity contribution in [2.75, 3.05) is 12.4 Å². The van der Waals surface area contributed by atoms with Gasteiger partial charge in [0.05, 0.1) is 23.8 Å². The monoisotopic (exact) mass is 369 g/mol. The lowest BCUT2D eigenvalue weighted by atomic mass is 10.0. The molecule has 0 radical (unpaired) electrons. The molecule has 0 amide bonds. The zero-order chi connectivity index (χ0) is 18.9. The molecular formula is C21H23NO3S. The molecule has 0 fully saturated rings. The average molecular weight is 369 g/mol. The summed E-state index contributed by atoms with van der Waals surface area (Å²) in [5, 5.41) is 19.2. The molecule has 0 aliphatic carbocycles. The molecule has 0 atom stereocenters. The number of carbonyl (C=O) groups excluding carboxylic acids is 1. The van der Waals surface area contributed by atoms with Crippen LogP contribution in [0.4, 0.5) is 0 Å². The van der Waals surface area contributed by atoms with E-state index in [1.165, 1.54) is 6.92 Å². The van der Waals surface area contributed by atoms with Gasteiger partial charge in [-0.15, -0.1) is 11.8 Å². The SMILES string of the molecule is CCCc1c(SCCCOc2ccc(C#N)cc2)ccc(C(C)=O)c1O. The van der Waals surface area contributed by atoms with E-state index in [9.17, 15) is 9.90 Å². The van der Waals surface area contributed by atoms with E-state index >= 15 is 0 Å². The molecule has 2 aromatic carbocycles. The summed E-state index contributed by atoms with van der Waals surface area (Å²) in [4.78, 5) is 12.6. The first-order chi connectivity index (χ1) is 12.6. The van der Waals surface area contributed by atoms with Gasteiger partial charge in [-0.05, 0) is 56.2 Å². The van der Waals surface area contributed by atoms with Crippen LogP contribution in [0.15, 0.2) is 41.3 Å². The van der Waals surface area contributed by atoms with E-state index in [-0.39, 0.29) is 11.5 Å². The molecule has 0 bridgehead atoms. The zero-order valence-electron chi connectivity index (χ0n) is 15.1. The van der Waals surface area contributed by atoms with Gasteiger partial charge in [0.1, 0.15) is 11.5 Å². The topological polar surface area (TPSA) is 70.3 Å². The molecule has 0 spiro atoms. The second-order valence-electron chi connectivity index (χ2n) is 5.93. The van der Waals surface area contributed by atoms with E-state index in [1.54, 1.807) is 42.1 Å². The van der Waals surface area contributed by atoms with Crippen molar-refractivity contribution < 1.29 is 14.6 Å². The van der Waals surface area contributed by atoms with Gasteiger partial charge in [-0.1, -0.05) is 13.3 Å². The van der Waals surface area contributed by atoms with Gasteiger partial charge in [0, 0.05) is 16.2 Å². The first-order valence-electron chi connectivity index (χ1n) is 8.68. The fourth-order valence-corrected chi connectivity index (χ4v) is 3.60. The smallest absolute Gasteiger partial charge is 0.163 e. The molecule has 0 unspecified atom stereocenters. The number of ether oxygens (including phenoxy) is 1. The molecule has 26 heavy (non-hydrogen) atoms. The molecular weight excluding hydrogens is 346 g/mol. The third-order valence-electron chi connectivity index (χ3n) is 3.92. The number of Topliss-reactive ketones (excluding diaryl/α,β-unsaturated/α-hetero) is 1. The molecule has 0 aliphatic rings. The summed E-state index contributed by atoms with van der Waals surface area (Å²) in [7, 11) is 0. The predicted molar refractivity (Wildman–Crippen MR) is 104 cm³/mol. The van der Waals surface area contributed by atoms with Crippen molar-refractivity contribution in [2.24, 2.45) is 0 Å². The van der Waals surface area contributed by atoms with Gasteiger partial charge in [-0.25, -0.2) is 0 Å². The van der Waals surface area contributed by atoms with Crippen LogP contribution in [-0.2, 0) is 6.42 Å². The molecule has 0 heterocycles. The van der Waals surface area contributed by atoms with Crippen LogP contribution in [0, 0.1) is 11.3 Å². The van der Waals surface area contributed by atoms with E-state index in [4.69, 9.17) is 10.00 Å². The van der Waals surface area contributed by atoms with Crippen molar-refractivity contribution in [3.63, 3.8) is 0 Å². The summed E-state index contributed by atoms with van der Waals surface area (Å²) in [5.74, 6) is 1.61. The van der Waals surface area contributed by atoms with Crippen molar-refractivity contribution in [3.8, 4) is 17.6 Å². The number of carbonyl (C=O) groups is 1. The van der Waals surface area contributed by atoms with Gasteiger partial charge in [0.2, 0.25) is 0 Å². The summed E-state index contributed by atoms with van der Waals surface area (Å²) >= 11 is 1.67. The number of ketones is 1. The van der Waals surface area contributed by atoms with Crippen molar-refractivity contribution in [3.05, 3.63) is 53.1 Å². The number of hydrogen-bond acceptors (Lipinski definition) is 5. The van der Waals surface area contributed by atoms with E-state index in [1.807, 2.05) is 6.07 Å². The average Bonchev–Trinajstić information content (AvgIpc) is 2.64. The molecule has 0 aromatic heterocycles. The Kier molecular flexibility index (Phi) is 7.55. The van der Waals surface area contributed by atoms with Crippen LogP contribution < -0.4 is 4.74 Å². The van der Waals surface area contributed by atoms with Gasteiger partial charge in [0.15, 0.2) is 5.78 Å². The predicted octanol–water partition coefficient (Wildman–Crippen LogP) is 4.98. The van der Waals surface area contributed by atoms with E-state index in [0.29, 0.717) is 17.7 Å². The summed E-state index contributed by atoms with van der Waals surface area (Å²) in [6.07, 6.45) is 2.51. The van der Waals surface area contributed by atoms with Gasteiger partial charge < -0.3 is 9.84 Å². The highest BCUT2D eigenvalue weighted by molar-refractivity contribution is 7.99. The Balaban J connectivity index is 1.89. The van der Waals surface area contributed by atoms with Crippen LogP contribution in [0.3, 0.4) is 0 Å². The maximum atomic E-state index is 11.6. The second kappa shape index (κ2) is 9.88. The second-order valence-corrected chi connectivity index (χ2v) is 7.07. The Morgan fingerprint density at radius 2 is 1.96 bits per heavy atom. The number of nitrogens with zero attached hydrogens (tertiary/aromatic N) is 1. The van der Waals surface area contributed by atoms with E-state index in [2.05, 4.69) is 13.0 Å². The minimum atomic E-state index is -0.118. The van der Waals surface area contributed by atoms with E-state index < -0.39 is 0 Å². The number of rotatable bonds is 9. The van der Waals surface area contributed by atoms with Gasteiger partial charge >= 0.3 is 0 Å². The lowest BCUT2D eigenvalue weighted by molar-refractivity contribution is 0.101. The van der Waals surface area contributed by atoms with Crippen LogP contribution in [0.5, 0.6) is 11.5 Å². The molecule has 4 nitrogen and oxygen atoms in total. The number of phenols is 1. The van der Waals surface area contributed by atoms with Crippen molar-refractivity contribution in [1.29, 1.82) is 5.26 Å². The van der Waals surface area contributed by atoms with Crippen molar-refractivity contribution >= 4 is 17.5 Å². The van der Waals surface area contributed by atoms with Crippen LogP contribution in [0.25, 0.3) is 0 Å². The quantitative estimate of drug-likeness (QED) is 0.383. The van der Waals surface area contributed by atoms with Gasteiger partial charge in [0.25, 0.3) is 0 Å². The third kappa shape index (κ3) is 5.27. The Hall–Kier alpha value is -2.45. The molecule has 0 saturated heterocycles. The van der Waals surface area contributed by atoms with Crippen LogP contribution >= 0.6 is 11.8 Å². The first-order valence-corrected chi connectivity index (χ1v) is 9.67. The van der Waals surface area contributed by atoms with Crippen LogP contribution in [-0.4, -0.2) is 23.2 Å². The Bertz CT molecular complexity index is 794. The molecule has 0 aliphatic heterocycles. The largest absolute Gasteiger partial charge is 0.507 e. The van der Waals surface area contributed by atoms with Crippen molar-refractivity contribution in [2.45, 2.75) is 38.0 Å². The van der Waals surface area contributed by atoms with Gasteiger partial charge in [-0.3, -0.25) is 4.79 Å². The van der Waals surface area contributed by atoms with E-state index in [0.717, 1.165) is 41.2 Å². The fraction of sp³-hybridized carbons (Fsp3) is 0.333. The lowest BCUT2D eigenvalue weighted by Gasteiger charge is -2.13. The number of benzene rings is 2. The number of phenolic OH excluding ortho intramolecular Hbond substituents is 1. The summed E-state index contributed by atoms with van der Waals surface area (Å²) < 4.78 is 5.68. The van der Waals surface area contributed by atoms with Crippen LogP contribution in [0.1, 0.15) is 48.2 Å². The normalized spacial score (nSPS) is 10.3.